The molecule has 140 valence electrons. The van der Waals surface area contributed by atoms with Gasteiger partial charge in [-0.2, -0.15) is 5.10 Å². The Bertz CT molecular complexity index is 960. The third-order valence-electron chi connectivity index (χ3n) is 4.01. The van der Waals surface area contributed by atoms with Crippen molar-refractivity contribution in [1.82, 2.24) is 10.2 Å². The number of amides is 1. The highest BCUT2D eigenvalue weighted by atomic mass is 16.6. The first-order chi connectivity index (χ1) is 13.1. The van der Waals surface area contributed by atoms with Gasteiger partial charge in [-0.05, 0) is 42.7 Å². The van der Waals surface area contributed by atoms with Crippen molar-refractivity contribution in [2.45, 2.75) is 27.2 Å². The lowest BCUT2D eigenvalue weighted by molar-refractivity contribution is -0.116. The van der Waals surface area contributed by atoms with Gasteiger partial charge in [-0.25, -0.2) is 0 Å². The van der Waals surface area contributed by atoms with E-state index in [4.69, 9.17) is 4.84 Å². The summed E-state index contributed by atoms with van der Waals surface area (Å²) in [7, 11) is 0. The molecule has 3 aromatic rings. The minimum absolute atomic E-state index is 0.0171. The summed E-state index contributed by atoms with van der Waals surface area (Å²) in [6.45, 7) is 6.48. The Kier molecular flexibility index (Phi) is 5.86. The molecule has 0 saturated carbocycles. The molecule has 1 heterocycles. The van der Waals surface area contributed by atoms with Crippen molar-refractivity contribution < 1.29 is 9.63 Å². The summed E-state index contributed by atoms with van der Waals surface area (Å²) < 4.78 is 0. The first kappa shape index (κ1) is 18.6. The molecule has 2 N–H and O–H groups in total. The van der Waals surface area contributed by atoms with E-state index < -0.39 is 0 Å². The smallest absolute Gasteiger partial charge is 0.224 e. The molecule has 1 aromatic heterocycles. The van der Waals surface area contributed by atoms with Gasteiger partial charge in [0.1, 0.15) is 6.61 Å². The monoisotopic (exact) mass is 364 g/mol. The maximum Gasteiger partial charge on any atom is 0.224 e. The average molecular weight is 364 g/mol. The summed E-state index contributed by atoms with van der Waals surface area (Å²) in [6, 6.07) is 13.7. The van der Waals surface area contributed by atoms with E-state index in [1.165, 1.54) is 0 Å². The molecule has 27 heavy (non-hydrogen) atoms. The first-order valence-electron chi connectivity index (χ1n) is 9.10. The van der Waals surface area contributed by atoms with Gasteiger partial charge in [0.15, 0.2) is 0 Å². The molecule has 1 amide bonds. The number of fused-ring (bicyclic) bond motifs is 1. The van der Waals surface area contributed by atoms with Gasteiger partial charge in [0.05, 0.1) is 17.4 Å². The molecule has 0 radical (unpaired) electrons. The van der Waals surface area contributed by atoms with E-state index in [9.17, 15) is 4.79 Å². The third-order valence-corrected chi connectivity index (χ3v) is 4.01. The van der Waals surface area contributed by atoms with E-state index in [0.717, 1.165) is 33.4 Å². The number of oxime groups is 1. The van der Waals surface area contributed by atoms with Crippen LogP contribution in [0.3, 0.4) is 0 Å². The highest BCUT2D eigenvalue weighted by molar-refractivity contribution is 5.98. The zero-order chi connectivity index (χ0) is 19.2. The second-order valence-corrected chi connectivity index (χ2v) is 6.76. The summed E-state index contributed by atoms with van der Waals surface area (Å²) >= 11 is 0. The molecular formula is C21H24N4O2. The SMILES string of the molecule is CCON=Cc1ccc2[nH]nc(-c3cccc(NC(=O)CC(C)C)c3)c2c1. The predicted octanol–water partition coefficient (Wildman–Crippen LogP) is 4.58. The molecular weight excluding hydrogens is 340 g/mol. The molecule has 2 aromatic carbocycles. The number of carbonyl (C=O) groups excluding carboxylic acids is 1. The molecule has 0 aliphatic rings. The Morgan fingerprint density at radius 1 is 1.30 bits per heavy atom. The topological polar surface area (TPSA) is 79.4 Å². The highest BCUT2D eigenvalue weighted by Gasteiger charge is 2.11. The largest absolute Gasteiger partial charge is 0.396 e. The van der Waals surface area contributed by atoms with Gasteiger partial charge < -0.3 is 10.2 Å². The fraction of sp³-hybridized carbons (Fsp3) is 0.286. The van der Waals surface area contributed by atoms with Crippen molar-refractivity contribution in [3.8, 4) is 11.3 Å². The van der Waals surface area contributed by atoms with Gasteiger partial charge >= 0.3 is 0 Å². The predicted molar refractivity (Wildman–Crippen MR) is 109 cm³/mol. The molecule has 0 unspecified atom stereocenters. The molecule has 6 heteroatoms. The van der Waals surface area contributed by atoms with E-state index in [0.29, 0.717) is 18.9 Å². The number of nitrogens with zero attached hydrogens (tertiary/aromatic N) is 2. The molecule has 6 nitrogen and oxygen atoms in total. The van der Waals surface area contributed by atoms with Crippen LogP contribution in [-0.4, -0.2) is 28.9 Å². The van der Waals surface area contributed by atoms with Crippen molar-refractivity contribution in [2.75, 3.05) is 11.9 Å². The van der Waals surface area contributed by atoms with Gasteiger partial charge in [-0.3, -0.25) is 9.89 Å². The molecule has 0 bridgehead atoms. The Labute approximate surface area is 158 Å². The number of rotatable bonds is 7. The van der Waals surface area contributed by atoms with Crippen molar-refractivity contribution in [1.29, 1.82) is 0 Å². The first-order valence-corrected chi connectivity index (χ1v) is 9.10. The van der Waals surface area contributed by atoms with E-state index in [-0.39, 0.29) is 5.91 Å². The molecule has 0 aliphatic carbocycles. The maximum absolute atomic E-state index is 12.0. The Balaban J connectivity index is 1.89. The number of hydrogen-bond acceptors (Lipinski definition) is 4. The lowest BCUT2D eigenvalue weighted by atomic mass is 10.1. The standard InChI is InChI=1S/C21H24N4O2/c1-4-27-22-13-15-8-9-19-18(11-15)21(25-24-19)16-6-5-7-17(12-16)23-20(26)10-14(2)3/h5-9,11-14H,4,10H2,1-3H3,(H,23,26)(H,24,25). The van der Waals surface area contributed by atoms with E-state index >= 15 is 0 Å². The number of aromatic nitrogens is 2. The minimum Gasteiger partial charge on any atom is -0.396 e. The number of hydrogen-bond donors (Lipinski definition) is 2. The number of carbonyl (C=O) groups is 1. The normalized spacial score (nSPS) is 11.4. The average Bonchev–Trinajstić information content (AvgIpc) is 3.04. The summed E-state index contributed by atoms with van der Waals surface area (Å²) in [5, 5.41) is 15.4. The zero-order valence-corrected chi connectivity index (χ0v) is 15.8. The number of anilines is 1. The van der Waals surface area contributed by atoms with Crippen LogP contribution in [0.25, 0.3) is 22.2 Å². The van der Waals surface area contributed by atoms with E-state index in [2.05, 4.69) is 20.7 Å². The summed E-state index contributed by atoms with van der Waals surface area (Å²) in [6.07, 6.45) is 2.18. The van der Waals surface area contributed by atoms with Gasteiger partial charge in [0.2, 0.25) is 5.91 Å². The van der Waals surface area contributed by atoms with Crippen LogP contribution in [0, 0.1) is 5.92 Å². The Morgan fingerprint density at radius 3 is 2.93 bits per heavy atom. The van der Waals surface area contributed by atoms with Crippen LogP contribution in [0.2, 0.25) is 0 Å². The Morgan fingerprint density at radius 2 is 2.15 bits per heavy atom. The molecule has 0 saturated heterocycles. The van der Waals surface area contributed by atoms with Crippen LogP contribution in [0.4, 0.5) is 5.69 Å². The van der Waals surface area contributed by atoms with Crippen molar-refractivity contribution >= 4 is 28.7 Å². The second-order valence-electron chi connectivity index (χ2n) is 6.76. The van der Waals surface area contributed by atoms with Crippen LogP contribution in [0.1, 0.15) is 32.8 Å². The fourth-order valence-corrected chi connectivity index (χ4v) is 2.83. The molecule has 0 aliphatic heterocycles. The highest BCUT2D eigenvalue weighted by Crippen LogP contribution is 2.28. The number of nitrogens with one attached hydrogen (secondary N) is 2. The van der Waals surface area contributed by atoms with E-state index in [1.54, 1.807) is 6.21 Å². The molecule has 3 rings (SSSR count). The summed E-state index contributed by atoms with van der Waals surface area (Å²) in [4.78, 5) is 17.1. The fourth-order valence-electron chi connectivity index (χ4n) is 2.83. The van der Waals surface area contributed by atoms with Crippen LogP contribution in [0.5, 0.6) is 0 Å². The number of aromatic amines is 1. The minimum atomic E-state index is 0.0171. The molecule has 0 atom stereocenters. The quantitative estimate of drug-likeness (QED) is 0.475. The van der Waals surface area contributed by atoms with Gasteiger partial charge in [0, 0.05) is 23.1 Å². The lowest BCUT2D eigenvalue weighted by Gasteiger charge is -2.08. The van der Waals surface area contributed by atoms with Crippen LogP contribution in [-0.2, 0) is 9.63 Å². The Hall–Kier alpha value is -3.15. The summed E-state index contributed by atoms with van der Waals surface area (Å²) in [5.41, 5.74) is 4.40. The van der Waals surface area contributed by atoms with Gasteiger partial charge in [0.25, 0.3) is 0 Å². The van der Waals surface area contributed by atoms with Crippen LogP contribution >= 0.6 is 0 Å². The number of H-pyrrole nitrogens is 1. The summed E-state index contributed by atoms with van der Waals surface area (Å²) in [5.74, 6) is 0.337. The van der Waals surface area contributed by atoms with Crippen LogP contribution < -0.4 is 5.32 Å². The maximum atomic E-state index is 12.0. The van der Waals surface area contributed by atoms with Gasteiger partial charge in [-0.15, -0.1) is 0 Å². The number of benzene rings is 2. The van der Waals surface area contributed by atoms with Crippen molar-refractivity contribution in [2.24, 2.45) is 11.1 Å². The lowest BCUT2D eigenvalue weighted by Crippen LogP contribution is -2.13. The molecule has 0 fully saturated rings. The van der Waals surface area contributed by atoms with E-state index in [1.807, 2.05) is 63.2 Å². The van der Waals surface area contributed by atoms with Crippen molar-refractivity contribution in [3.05, 3.63) is 48.0 Å². The second kappa shape index (κ2) is 8.49. The zero-order valence-electron chi connectivity index (χ0n) is 15.8. The van der Waals surface area contributed by atoms with Gasteiger partial charge in [-0.1, -0.05) is 37.2 Å². The molecule has 0 spiro atoms. The van der Waals surface area contributed by atoms with Crippen LogP contribution in [0.15, 0.2) is 47.6 Å². The third kappa shape index (κ3) is 4.73. The van der Waals surface area contributed by atoms with Crippen molar-refractivity contribution in [3.63, 3.8) is 0 Å².